The van der Waals surface area contributed by atoms with E-state index in [0.29, 0.717) is 12.0 Å². The molecule has 0 amide bonds. The van der Waals surface area contributed by atoms with Gasteiger partial charge in [0, 0.05) is 6.54 Å². The second kappa shape index (κ2) is 16.4. The van der Waals surface area contributed by atoms with Gasteiger partial charge in [0.25, 0.3) is 0 Å². The number of likely N-dealkylation sites (tertiary alicyclic amines) is 1. The molecule has 2 nitrogen and oxygen atoms in total. The molecule has 0 radical (unpaired) electrons. The molecule has 0 unspecified atom stereocenters. The molecule has 1 aliphatic heterocycles. The van der Waals surface area contributed by atoms with Crippen molar-refractivity contribution in [3.05, 3.63) is 36.1 Å². The molecule has 0 aromatic rings. The highest BCUT2D eigenvalue weighted by atomic mass is 19.4. The SMILES string of the molecule is C=C/C=C(\C(=C/C)OCCN1CCC(C)(C)CC1)C(F)(F)F.CC(C)C.CC1CCCCC1. The van der Waals surface area contributed by atoms with E-state index in [1.165, 1.54) is 38.2 Å². The summed E-state index contributed by atoms with van der Waals surface area (Å²) >= 11 is 0. The third-order valence-electron chi connectivity index (χ3n) is 5.89. The number of hydrogen-bond acceptors (Lipinski definition) is 2. The van der Waals surface area contributed by atoms with Crippen molar-refractivity contribution in [2.24, 2.45) is 17.3 Å². The van der Waals surface area contributed by atoms with Crippen molar-refractivity contribution in [2.45, 2.75) is 99.6 Å². The van der Waals surface area contributed by atoms with Crippen molar-refractivity contribution < 1.29 is 17.9 Å². The summed E-state index contributed by atoms with van der Waals surface area (Å²) in [6, 6.07) is 0. The number of rotatable bonds is 6. The van der Waals surface area contributed by atoms with E-state index in [-0.39, 0.29) is 12.4 Å². The minimum atomic E-state index is -4.44. The first-order chi connectivity index (χ1) is 15.3. The Kier molecular flexibility index (Phi) is 15.8. The van der Waals surface area contributed by atoms with Crippen molar-refractivity contribution in [3.63, 3.8) is 0 Å². The molecule has 0 atom stereocenters. The van der Waals surface area contributed by atoms with Gasteiger partial charge in [0.2, 0.25) is 0 Å². The first-order valence-electron chi connectivity index (χ1n) is 12.7. The fourth-order valence-corrected chi connectivity index (χ4v) is 3.72. The van der Waals surface area contributed by atoms with E-state index in [1.807, 2.05) is 0 Å². The summed E-state index contributed by atoms with van der Waals surface area (Å²) in [5.74, 6) is 1.73. The summed E-state index contributed by atoms with van der Waals surface area (Å²) in [7, 11) is 0. The lowest BCUT2D eigenvalue weighted by molar-refractivity contribution is -0.0941. The fraction of sp³-hybridized carbons (Fsp3) is 0.786. The van der Waals surface area contributed by atoms with Crippen molar-refractivity contribution in [1.82, 2.24) is 4.90 Å². The summed E-state index contributed by atoms with van der Waals surface area (Å²) in [6.45, 7) is 21.1. The molecular weight excluding hydrogens is 423 g/mol. The summed E-state index contributed by atoms with van der Waals surface area (Å²) in [5.41, 5.74) is -0.424. The van der Waals surface area contributed by atoms with E-state index in [0.717, 1.165) is 49.9 Å². The van der Waals surface area contributed by atoms with Gasteiger partial charge in [-0.15, -0.1) is 0 Å². The summed E-state index contributed by atoms with van der Waals surface area (Å²) in [5, 5.41) is 0. The number of alkyl halides is 3. The van der Waals surface area contributed by atoms with Gasteiger partial charge in [0.1, 0.15) is 12.4 Å². The first-order valence-corrected chi connectivity index (χ1v) is 12.7. The van der Waals surface area contributed by atoms with Gasteiger partial charge < -0.3 is 4.74 Å². The minimum Gasteiger partial charge on any atom is -0.492 e. The maximum atomic E-state index is 13.0. The number of nitrogens with zero attached hydrogens (tertiary/aromatic N) is 1. The van der Waals surface area contributed by atoms with E-state index >= 15 is 0 Å². The van der Waals surface area contributed by atoms with E-state index < -0.39 is 11.7 Å². The third-order valence-corrected chi connectivity index (χ3v) is 5.89. The average Bonchev–Trinajstić information content (AvgIpc) is 2.71. The highest BCUT2D eigenvalue weighted by molar-refractivity contribution is 5.32. The molecule has 0 bridgehead atoms. The largest absolute Gasteiger partial charge is 0.492 e. The molecule has 2 rings (SSSR count). The Morgan fingerprint density at radius 2 is 1.61 bits per heavy atom. The van der Waals surface area contributed by atoms with Crippen LogP contribution in [0.25, 0.3) is 0 Å². The monoisotopic (exact) mass is 473 g/mol. The number of hydrogen-bond donors (Lipinski definition) is 0. The lowest BCUT2D eigenvalue weighted by atomic mass is 9.83. The number of piperidine rings is 1. The normalized spacial score (nSPS) is 20.3. The molecule has 2 fully saturated rings. The van der Waals surface area contributed by atoms with E-state index in [4.69, 9.17) is 4.74 Å². The molecule has 194 valence electrons. The van der Waals surface area contributed by atoms with Crippen molar-refractivity contribution in [1.29, 1.82) is 0 Å². The molecule has 5 heteroatoms. The van der Waals surface area contributed by atoms with Crippen LogP contribution < -0.4 is 0 Å². The second-order valence-electron chi connectivity index (χ2n) is 10.8. The maximum absolute atomic E-state index is 13.0. The van der Waals surface area contributed by atoms with Gasteiger partial charge in [-0.05, 0) is 62.3 Å². The van der Waals surface area contributed by atoms with Crippen LogP contribution in [0.5, 0.6) is 0 Å². The van der Waals surface area contributed by atoms with Crippen LogP contribution in [0.2, 0.25) is 0 Å². The van der Waals surface area contributed by atoms with Crippen molar-refractivity contribution >= 4 is 0 Å². The van der Waals surface area contributed by atoms with E-state index in [1.54, 1.807) is 6.92 Å². The van der Waals surface area contributed by atoms with Gasteiger partial charge >= 0.3 is 6.18 Å². The van der Waals surface area contributed by atoms with Gasteiger partial charge in [-0.3, -0.25) is 4.90 Å². The molecule has 1 aliphatic carbocycles. The van der Waals surface area contributed by atoms with Crippen LogP contribution in [0.3, 0.4) is 0 Å². The fourth-order valence-electron chi connectivity index (χ4n) is 3.72. The zero-order valence-corrected chi connectivity index (χ0v) is 22.4. The van der Waals surface area contributed by atoms with Gasteiger partial charge in [-0.1, -0.05) is 86.3 Å². The molecule has 2 aliphatic rings. The van der Waals surface area contributed by atoms with Crippen LogP contribution in [-0.4, -0.2) is 37.3 Å². The quantitative estimate of drug-likeness (QED) is 0.282. The maximum Gasteiger partial charge on any atom is 0.419 e. The highest BCUT2D eigenvalue weighted by Crippen LogP contribution is 2.32. The Bertz CT molecular complexity index is 572. The smallest absolute Gasteiger partial charge is 0.419 e. The molecule has 33 heavy (non-hydrogen) atoms. The molecule has 1 saturated heterocycles. The summed E-state index contributed by atoms with van der Waals surface area (Å²) in [4.78, 5) is 2.24. The Morgan fingerprint density at radius 3 is 1.97 bits per heavy atom. The summed E-state index contributed by atoms with van der Waals surface area (Å²) < 4.78 is 44.3. The minimum absolute atomic E-state index is 0.135. The van der Waals surface area contributed by atoms with Crippen LogP contribution in [0.4, 0.5) is 13.2 Å². The van der Waals surface area contributed by atoms with Crippen LogP contribution in [0, 0.1) is 17.3 Å². The second-order valence-corrected chi connectivity index (χ2v) is 10.8. The molecule has 0 aromatic heterocycles. The van der Waals surface area contributed by atoms with Crippen LogP contribution in [0.1, 0.15) is 93.4 Å². The number of ether oxygens (including phenoxy) is 1. The Balaban J connectivity index is 0.000000759. The van der Waals surface area contributed by atoms with E-state index in [2.05, 4.69) is 53.0 Å². The van der Waals surface area contributed by atoms with Gasteiger partial charge in [-0.25, -0.2) is 0 Å². The lowest BCUT2D eigenvalue weighted by Gasteiger charge is -2.36. The van der Waals surface area contributed by atoms with E-state index in [9.17, 15) is 13.2 Å². The lowest BCUT2D eigenvalue weighted by Crippen LogP contribution is -2.39. The molecule has 0 N–H and O–H groups in total. The Morgan fingerprint density at radius 1 is 1.09 bits per heavy atom. The van der Waals surface area contributed by atoms with Crippen LogP contribution in [-0.2, 0) is 4.74 Å². The molecule has 1 heterocycles. The molecule has 1 saturated carbocycles. The predicted octanol–water partition coefficient (Wildman–Crippen LogP) is 8.95. The topological polar surface area (TPSA) is 12.5 Å². The third kappa shape index (κ3) is 16.1. The zero-order chi connectivity index (χ0) is 25.5. The van der Waals surface area contributed by atoms with Gasteiger partial charge in [0.15, 0.2) is 0 Å². The predicted molar refractivity (Wildman–Crippen MR) is 136 cm³/mol. The zero-order valence-electron chi connectivity index (χ0n) is 22.4. The van der Waals surface area contributed by atoms with Crippen molar-refractivity contribution in [2.75, 3.05) is 26.2 Å². The Labute approximate surface area is 202 Å². The molecule has 0 spiro atoms. The number of allylic oxidation sites excluding steroid dienone is 4. The number of halogens is 3. The van der Waals surface area contributed by atoms with Gasteiger partial charge in [-0.2, -0.15) is 13.2 Å². The van der Waals surface area contributed by atoms with Gasteiger partial charge in [0.05, 0.1) is 5.57 Å². The van der Waals surface area contributed by atoms with Crippen molar-refractivity contribution in [3.8, 4) is 0 Å². The summed E-state index contributed by atoms with van der Waals surface area (Å²) in [6.07, 6.45) is 8.63. The van der Waals surface area contributed by atoms with Crippen LogP contribution >= 0.6 is 0 Å². The average molecular weight is 474 g/mol. The standard InChI is InChI=1S/C17H26F3NO.C7H14.C4H10/c1-5-7-14(17(18,19)20)15(6-2)22-13-12-21-10-8-16(3,4)9-11-21;1-7-5-3-2-4-6-7;1-4(2)3/h5-7H,1,8-13H2,2-4H3;7H,2-6H2,1H3;4H,1-3H3/b14-7+,15-6+;;. The Hall–Kier alpha value is -1.23. The highest BCUT2D eigenvalue weighted by Gasteiger charge is 2.36. The molecule has 0 aromatic carbocycles. The first kappa shape index (κ1) is 31.8. The molecular formula is C28H50F3NO. The van der Waals surface area contributed by atoms with Crippen LogP contribution in [0.15, 0.2) is 36.1 Å².